The van der Waals surface area contributed by atoms with Crippen molar-refractivity contribution in [2.24, 2.45) is 0 Å². The van der Waals surface area contributed by atoms with Crippen LogP contribution in [0.1, 0.15) is 200 Å². The van der Waals surface area contributed by atoms with Gasteiger partial charge in [-0.2, -0.15) is 0 Å². The van der Waals surface area contributed by atoms with Gasteiger partial charge >= 0.3 is 13.8 Å². The van der Waals surface area contributed by atoms with Crippen molar-refractivity contribution < 1.29 is 43.0 Å². The van der Waals surface area contributed by atoms with Gasteiger partial charge in [-0.05, 0) is 64.2 Å². The molecule has 0 aliphatic carbocycles. The Kier molecular flexibility index (Phi) is 45.7. The number of carbonyl (C=O) groups is 1. The van der Waals surface area contributed by atoms with Crippen LogP contribution >= 0.6 is 7.82 Å². The number of unbranched alkanes of at least 4 members (excludes halogenated alkanes) is 20. The minimum absolute atomic E-state index is 0.0344. The Morgan fingerprint density at radius 3 is 1.41 bits per heavy atom. The highest BCUT2D eigenvalue weighted by Crippen LogP contribution is 2.43. The second kappa shape index (κ2) is 47.4. The third-order valence-corrected chi connectivity index (χ3v) is 11.1. The number of ether oxygens (including phenoxy) is 2. The molecule has 0 radical (unpaired) electrons. The highest BCUT2D eigenvalue weighted by molar-refractivity contribution is 7.47. The summed E-state index contributed by atoms with van der Waals surface area (Å²) in [5.41, 5.74) is 0. The first-order valence-electron chi connectivity index (χ1n) is 24.4. The summed E-state index contributed by atoms with van der Waals surface area (Å²) in [7, 11) is -4.53. The zero-order chi connectivity index (χ0) is 44.6. The average molecular weight is 879 g/mol. The fourth-order valence-corrected chi connectivity index (χ4v) is 7.27. The number of carbonyl (C=O) groups excluding carboxylic acids is 1. The molecule has 0 saturated carbocycles. The van der Waals surface area contributed by atoms with Crippen molar-refractivity contribution in [3.63, 3.8) is 0 Å². The van der Waals surface area contributed by atoms with E-state index in [2.05, 4.69) is 86.8 Å². The highest BCUT2D eigenvalue weighted by Gasteiger charge is 2.26. The molecule has 61 heavy (non-hydrogen) atoms. The molecule has 0 amide bonds. The van der Waals surface area contributed by atoms with Crippen LogP contribution in [0.2, 0.25) is 0 Å². The van der Waals surface area contributed by atoms with Crippen molar-refractivity contribution in [2.45, 2.75) is 212 Å². The second-order valence-corrected chi connectivity index (χ2v) is 17.6. The monoisotopic (exact) mass is 879 g/mol. The molecule has 0 heterocycles. The first-order chi connectivity index (χ1) is 29.8. The number of phosphoric ester groups is 1. The number of aliphatic hydroxyl groups excluding tert-OH is 2. The van der Waals surface area contributed by atoms with Gasteiger partial charge in [-0.3, -0.25) is 13.8 Å². The first kappa shape index (κ1) is 58.9. The van der Waals surface area contributed by atoms with Crippen LogP contribution in [-0.2, 0) is 27.9 Å². The van der Waals surface area contributed by atoms with Gasteiger partial charge in [-0.15, -0.1) is 0 Å². The van der Waals surface area contributed by atoms with E-state index in [1.807, 2.05) is 0 Å². The predicted octanol–water partition coefficient (Wildman–Crippen LogP) is 14.1. The van der Waals surface area contributed by atoms with E-state index in [4.69, 9.17) is 23.6 Å². The van der Waals surface area contributed by atoms with Crippen molar-refractivity contribution in [3.05, 3.63) is 72.9 Å². The summed E-state index contributed by atoms with van der Waals surface area (Å²) in [6, 6.07) is 0. The van der Waals surface area contributed by atoms with E-state index < -0.39 is 33.2 Å². The third-order valence-electron chi connectivity index (χ3n) is 10.2. The fourth-order valence-electron chi connectivity index (χ4n) is 6.48. The molecule has 0 aliphatic rings. The molecule has 0 bridgehead atoms. The summed E-state index contributed by atoms with van der Waals surface area (Å²) in [5.74, 6) is -0.390. The van der Waals surface area contributed by atoms with Gasteiger partial charge in [0.2, 0.25) is 0 Å². The van der Waals surface area contributed by atoms with E-state index in [0.29, 0.717) is 6.61 Å². The Balaban J connectivity index is 4.15. The molecule has 0 spiro atoms. The molecule has 0 aliphatic heterocycles. The van der Waals surface area contributed by atoms with Crippen LogP contribution in [0.25, 0.3) is 0 Å². The maximum atomic E-state index is 12.7. The Morgan fingerprint density at radius 2 is 0.934 bits per heavy atom. The van der Waals surface area contributed by atoms with E-state index in [1.54, 1.807) is 0 Å². The van der Waals surface area contributed by atoms with Crippen molar-refractivity contribution in [2.75, 3.05) is 33.0 Å². The first-order valence-corrected chi connectivity index (χ1v) is 25.9. The van der Waals surface area contributed by atoms with Crippen LogP contribution in [0.4, 0.5) is 0 Å². The standard InChI is InChI=1S/C51H91O9P/c1-3-5-7-9-11-13-15-17-19-21-22-23-24-25-26-27-28-30-32-34-36-38-40-42-44-57-47-50(48-59-61(55,56)58-46-49(53)45-52)60-51(54)43-41-39-37-35-33-31-29-20-18-16-14-12-10-8-6-4-2/h5,7,11,13,17,19,22-23,25-26,28,30,49-50,52-53H,3-4,6,8-10,12,14-16,18,20-21,24,27,29,31-48H2,1-2H3,(H,55,56)/b7-5-,13-11-,19-17-,23-22-,26-25-,30-28-. The number of allylic oxidation sites excluding steroid dienone is 12. The van der Waals surface area contributed by atoms with E-state index in [9.17, 15) is 19.4 Å². The number of phosphoric acid groups is 1. The molecule has 0 fully saturated rings. The number of esters is 1. The minimum Gasteiger partial charge on any atom is -0.457 e. The molecule has 0 aromatic heterocycles. The van der Waals surface area contributed by atoms with Crippen LogP contribution in [-0.4, -0.2) is 66.3 Å². The number of rotatable bonds is 46. The molecular weight excluding hydrogens is 788 g/mol. The lowest BCUT2D eigenvalue weighted by molar-refractivity contribution is -0.154. The summed E-state index contributed by atoms with van der Waals surface area (Å²) in [6.45, 7) is 3.37. The Hall–Kier alpha value is -2.10. The van der Waals surface area contributed by atoms with Crippen molar-refractivity contribution in [1.29, 1.82) is 0 Å². The van der Waals surface area contributed by atoms with Gasteiger partial charge in [-0.1, -0.05) is 202 Å². The molecule has 0 saturated heterocycles. The topological polar surface area (TPSA) is 132 Å². The van der Waals surface area contributed by atoms with Crippen molar-refractivity contribution >= 4 is 13.8 Å². The number of hydrogen-bond donors (Lipinski definition) is 3. The van der Waals surface area contributed by atoms with Crippen LogP contribution in [0.3, 0.4) is 0 Å². The molecule has 0 rings (SSSR count). The lowest BCUT2D eigenvalue weighted by Gasteiger charge is -2.20. The molecule has 354 valence electrons. The molecule has 9 nitrogen and oxygen atoms in total. The van der Waals surface area contributed by atoms with Gasteiger partial charge in [0.05, 0.1) is 26.4 Å². The van der Waals surface area contributed by atoms with Gasteiger partial charge in [0.25, 0.3) is 0 Å². The van der Waals surface area contributed by atoms with Crippen LogP contribution in [0, 0.1) is 0 Å². The van der Waals surface area contributed by atoms with Gasteiger partial charge in [-0.25, -0.2) is 4.57 Å². The molecule has 3 atom stereocenters. The fraction of sp³-hybridized carbons (Fsp3) is 0.745. The lowest BCUT2D eigenvalue weighted by Crippen LogP contribution is -2.29. The molecule has 3 N–H and O–H groups in total. The van der Waals surface area contributed by atoms with Crippen LogP contribution in [0.5, 0.6) is 0 Å². The summed E-state index contributed by atoms with van der Waals surface area (Å²) in [4.78, 5) is 22.7. The van der Waals surface area contributed by atoms with Gasteiger partial charge in [0, 0.05) is 13.0 Å². The maximum absolute atomic E-state index is 12.7. The Labute approximate surface area is 373 Å². The zero-order valence-electron chi connectivity index (χ0n) is 38.9. The van der Waals surface area contributed by atoms with Crippen molar-refractivity contribution in [1.82, 2.24) is 0 Å². The molecule has 10 heteroatoms. The third kappa shape index (κ3) is 47.2. The predicted molar refractivity (Wildman–Crippen MR) is 256 cm³/mol. The van der Waals surface area contributed by atoms with E-state index in [-0.39, 0.29) is 25.6 Å². The maximum Gasteiger partial charge on any atom is 0.472 e. The highest BCUT2D eigenvalue weighted by atomic mass is 31.2. The Bertz CT molecular complexity index is 1180. The van der Waals surface area contributed by atoms with E-state index in [0.717, 1.165) is 96.3 Å². The van der Waals surface area contributed by atoms with Crippen molar-refractivity contribution in [3.8, 4) is 0 Å². The van der Waals surface area contributed by atoms with Crippen LogP contribution in [0.15, 0.2) is 72.9 Å². The minimum atomic E-state index is -4.53. The van der Waals surface area contributed by atoms with Crippen LogP contribution < -0.4 is 0 Å². The number of hydrogen-bond acceptors (Lipinski definition) is 8. The molecule has 0 aromatic rings. The zero-order valence-corrected chi connectivity index (χ0v) is 39.8. The SMILES string of the molecule is CC/C=C\C/C=C\C/C=C\C/C=C\C/C=C\C/C=C\CCCCCCCOCC(COP(=O)(O)OCC(O)CO)OC(=O)CCCCCCCCCCCCCCCCCC. The summed E-state index contributed by atoms with van der Waals surface area (Å²) >= 11 is 0. The summed E-state index contributed by atoms with van der Waals surface area (Å²) in [6.07, 6.45) is 57.2. The average Bonchev–Trinajstić information content (AvgIpc) is 3.25. The molecular formula is C51H91O9P. The van der Waals surface area contributed by atoms with Gasteiger partial charge < -0.3 is 24.6 Å². The molecule has 0 aromatic carbocycles. The largest absolute Gasteiger partial charge is 0.472 e. The van der Waals surface area contributed by atoms with E-state index >= 15 is 0 Å². The second-order valence-electron chi connectivity index (χ2n) is 16.1. The number of aliphatic hydroxyl groups is 2. The Morgan fingerprint density at radius 1 is 0.525 bits per heavy atom. The normalized spacial score (nSPS) is 14.5. The quantitative estimate of drug-likeness (QED) is 0.0237. The van der Waals surface area contributed by atoms with Gasteiger partial charge in [0.15, 0.2) is 0 Å². The molecule has 3 unspecified atom stereocenters. The summed E-state index contributed by atoms with van der Waals surface area (Å²) < 4.78 is 33.5. The van der Waals surface area contributed by atoms with E-state index in [1.165, 1.54) is 83.5 Å². The summed E-state index contributed by atoms with van der Waals surface area (Å²) in [5, 5.41) is 18.4. The van der Waals surface area contributed by atoms with Gasteiger partial charge in [0.1, 0.15) is 12.2 Å². The lowest BCUT2D eigenvalue weighted by atomic mass is 10.0. The smallest absolute Gasteiger partial charge is 0.457 e.